The molecule has 0 spiro atoms. The van der Waals surface area contributed by atoms with Gasteiger partial charge in [-0.2, -0.15) is 0 Å². The Hall–Kier alpha value is -2.20. The molecule has 4 heteroatoms. The predicted octanol–water partition coefficient (Wildman–Crippen LogP) is 3.14. The third-order valence-corrected chi connectivity index (χ3v) is 4.67. The van der Waals surface area contributed by atoms with Crippen molar-refractivity contribution in [3.63, 3.8) is 0 Å². The van der Waals surface area contributed by atoms with Crippen LogP contribution in [0.1, 0.15) is 47.3 Å². The van der Waals surface area contributed by atoms with Gasteiger partial charge in [0.15, 0.2) is 0 Å². The van der Waals surface area contributed by atoms with E-state index in [1.54, 1.807) is 0 Å². The zero-order valence-corrected chi connectivity index (χ0v) is 13.8. The first-order chi connectivity index (χ1) is 11.8. The molecule has 1 amide bonds. The highest BCUT2D eigenvalue weighted by molar-refractivity contribution is 5.94. The van der Waals surface area contributed by atoms with Gasteiger partial charge in [0.05, 0.1) is 5.69 Å². The highest BCUT2D eigenvalue weighted by Gasteiger charge is 2.29. The fourth-order valence-electron chi connectivity index (χ4n) is 2.95. The Morgan fingerprint density at radius 1 is 1.04 bits per heavy atom. The van der Waals surface area contributed by atoms with Gasteiger partial charge in [-0.25, -0.2) is 0 Å². The molecule has 4 rings (SSSR count). The number of nitrogens with one attached hydrogen (secondary N) is 1. The van der Waals surface area contributed by atoms with E-state index in [9.17, 15) is 4.79 Å². The Bertz CT molecular complexity index is 691. The van der Waals surface area contributed by atoms with Gasteiger partial charge in [0, 0.05) is 36.9 Å². The molecule has 2 fully saturated rings. The second-order valence-corrected chi connectivity index (χ2v) is 6.90. The molecule has 1 N–H and O–H groups in total. The molecule has 2 saturated carbocycles. The number of carbonyl (C=O) groups excluding carboxylic acids is 1. The average Bonchev–Trinajstić information content (AvgIpc) is 3.50. The third-order valence-electron chi connectivity index (χ3n) is 4.67. The molecule has 0 unspecified atom stereocenters. The molecule has 2 aromatic rings. The van der Waals surface area contributed by atoms with Gasteiger partial charge in [0.1, 0.15) is 0 Å². The molecule has 1 aromatic heterocycles. The van der Waals surface area contributed by atoms with Crippen LogP contribution in [0.2, 0.25) is 0 Å². The van der Waals surface area contributed by atoms with Gasteiger partial charge >= 0.3 is 0 Å². The summed E-state index contributed by atoms with van der Waals surface area (Å²) in [4.78, 5) is 19.0. The highest BCUT2D eigenvalue weighted by Crippen LogP contribution is 2.29. The van der Waals surface area contributed by atoms with Crippen LogP contribution < -0.4 is 5.32 Å². The van der Waals surface area contributed by atoms with Crippen LogP contribution in [0.5, 0.6) is 0 Å². The monoisotopic (exact) mass is 321 g/mol. The van der Waals surface area contributed by atoms with Crippen LogP contribution in [0, 0.1) is 0 Å². The molecule has 0 radical (unpaired) electrons. The van der Waals surface area contributed by atoms with Crippen molar-refractivity contribution in [2.75, 3.05) is 0 Å². The fourth-order valence-corrected chi connectivity index (χ4v) is 2.95. The summed E-state index contributed by atoms with van der Waals surface area (Å²) in [6.07, 6.45) is 6.64. The standard InChI is InChI=1S/C20H23N3O/c24-20(22-17-8-9-17)16-6-4-15(5-7-16)13-23(19-10-11-19)14-18-3-1-2-12-21-18/h1-7,12,17,19H,8-11,13-14H2,(H,22,24). The van der Waals surface area contributed by atoms with Gasteiger partial charge < -0.3 is 5.32 Å². The number of pyridine rings is 1. The van der Waals surface area contributed by atoms with Gasteiger partial charge in [-0.15, -0.1) is 0 Å². The molecule has 2 aliphatic rings. The molecule has 124 valence electrons. The summed E-state index contributed by atoms with van der Waals surface area (Å²) in [5, 5.41) is 3.03. The first-order valence-electron chi connectivity index (χ1n) is 8.82. The number of benzene rings is 1. The average molecular weight is 321 g/mol. The van der Waals surface area contributed by atoms with Crippen LogP contribution in [0.3, 0.4) is 0 Å². The van der Waals surface area contributed by atoms with Crippen molar-refractivity contribution >= 4 is 5.91 Å². The van der Waals surface area contributed by atoms with Crippen LogP contribution in [0.15, 0.2) is 48.7 Å². The first kappa shape index (κ1) is 15.3. The van der Waals surface area contributed by atoms with E-state index in [0.29, 0.717) is 12.1 Å². The second-order valence-electron chi connectivity index (χ2n) is 6.90. The first-order valence-corrected chi connectivity index (χ1v) is 8.82. The molecular formula is C20H23N3O. The molecule has 0 atom stereocenters. The predicted molar refractivity (Wildman–Crippen MR) is 93.4 cm³/mol. The molecule has 1 heterocycles. The van der Waals surface area contributed by atoms with Crippen LogP contribution in [0.25, 0.3) is 0 Å². The SMILES string of the molecule is O=C(NC1CC1)c1ccc(CN(Cc2ccccn2)C2CC2)cc1. The number of hydrogen-bond acceptors (Lipinski definition) is 3. The van der Waals surface area contributed by atoms with Crippen LogP contribution in [-0.4, -0.2) is 27.9 Å². The van der Waals surface area contributed by atoms with Crippen LogP contribution in [0.4, 0.5) is 0 Å². The lowest BCUT2D eigenvalue weighted by molar-refractivity contribution is 0.0951. The van der Waals surface area contributed by atoms with Crippen molar-refractivity contribution in [1.82, 2.24) is 15.2 Å². The Labute approximate surface area is 142 Å². The molecule has 0 saturated heterocycles. The van der Waals surface area contributed by atoms with Gasteiger partial charge in [-0.3, -0.25) is 14.7 Å². The zero-order chi connectivity index (χ0) is 16.4. The van der Waals surface area contributed by atoms with Crippen LogP contribution >= 0.6 is 0 Å². The van der Waals surface area contributed by atoms with Crippen molar-refractivity contribution in [2.45, 2.75) is 50.9 Å². The summed E-state index contributed by atoms with van der Waals surface area (Å²) in [5.74, 6) is 0.0524. The lowest BCUT2D eigenvalue weighted by atomic mass is 10.1. The maximum absolute atomic E-state index is 12.1. The maximum atomic E-state index is 12.1. The third kappa shape index (κ3) is 4.01. The Morgan fingerprint density at radius 3 is 2.46 bits per heavy atom. The lowest BCUT2D eigenvalue weighted by Gasteiger charge is -2.21. The number of amides is 1. The minimum atomic E-state index is 0.0524. The van der Waals surface area contributed by atoms with Crippen molar-refractivity contribution in [3.05, 3.63) is 65.5 Å². The topological polar surface area (TPSA) is 45.2 Å². The highest BCUT2D eigenvalue weighted by atomic mass is 16.1. The normalized spacial score (nSPS) is 17.0. The Balaban J connectivity index is 1.39. The lowest BCUT2D eigenvalue weighted by Crippen LogP contribution is -2.26. The Kier molecular flexibility index (Phi) is 4.30. The summed E-state index contributed by atoms with van der Waals surface area (Å²) in [5.41, 5.74) is 3.12. The van der Waals surface area contributed by atoms with Gasteiger partial charge in [-0.05, 0) is 55.5 Å². The quantitative estimate of drug-likeness (QED) is 0.852. The van der Waals surface area contributed by atoms with Gasteiger partial charge in [-0.1, -0.05) is 18.2 Å². The van der Waals surface area contributed by atoms with E-state index >= 15 is 0 Å². The minimum Gasteiger partial charge on any atom is -0.349 e. The van der Waals surface area contributed by atoms with E-state index in [1.165, 1.54) is 18.4 Å². The molecule has 4 nitrogen and oxygen atoms in total. The van der Waals surface area contributed by atoms with E-state index in [2.05, 4.69) is 33.4 Å². The van der Waals surface area contributed by atoms with Crippen molar-refractivity contribution in [1.29, 1.82) is 0 Å². The number of rotatable bonds is 7. The minimum absolute atomic E-state index is 0.0524. The summed E-state index contributed by atoms with van der Waals surface area (Å²) < 4.78 is 0. The van der Waals surface area contributed by atoms with Crippen molar-refractivity contribution in [2.24, 2.45) is 0 Å². The summed E-state index contributed by atoms with van der Waals surface area (Å²) in [6.45, 7) is 1.79. The van der Waals surface area contributed by atoms with E-state index in [4.69, 9.17) is 0 Å². The summed E-state index contributed by atoms with van der Waals surface area (Å²) >= 11 is 0. The van der Waals surface area contributed by atoms with E-state index in [1.807, 2.05) is 30.5 Å². The van der Waals surface area contributed by atoms with E-state index in [0.717, 1.165) is 37.2 Å². The number of hydrogen-bond donors (Lipinski definition) is 1. The van der Waals surface area contributed by atoms with E-state index in [-0.39, 0.29) is 5.91 Å². The summed E-state index contributed by atoms with van der Waals surface area (Å²) in [6, 6.07) is 15.2. The number of nitrogens with zero attached hydrogens (tertiary/aromatic N) is 2. The molecule has 0 bridgehead atoms. The molecule has 2 aliphatic carbocycles. The van der Waals surface area contributed by atoms with Gasteiger partial charge in [0.2, 0.25) is 0 Å². The van der Waals surface area contributed by atoms with Crippen molar-refractivity contribution in [3.8, 4) is 0 Å². The second kappa shape index (κ2) is 6.73. The Morgan fingerprint density at radius 2 is 1.83 bits per heavy atom. The molecule has 1 aromatic carbocycles. The largest absolute Gasteiger partial charge is 0.349 e. The maximum Gasteiger partial charge on any atom is 0.251 e. The van der Waals surface area contributed by atoms with E-state index < -0.39 is 0 Å². The molecule has 24 heavy (non-hydrogen) atoms. The summed E-state index contributed by atoms with van der Waals surface area (Å²) in [7, 11) is 0. The van der Waals surface area contributed by atoms with Crippen molar-refractivity contribution < 1.29 is 4.79 Å². The number of carbonyl (C=O) groups is 1. The molecular weight excluding hydrogens is 298 g/mol. The zero-order valence-electron chi connectivity index (χ0n) is 13.8. The molecule has 0 aliphatic heterocycles. The fraction of sp³-hybridized carbons (Fsp3) is 0.400. The smallest absolute Gasteiger partial charge is 0.251 e. The van der Waals surface area contributed by atoms with Crippen LogP contribution in [-0.2, 0) is 13.1 Å². The van der Waals surface area contributed by atoms with Gasteiger partial charge in [0.25, 0.3) is 5.91 Å². The number of aromatic nitrogens is 1.